The number of carbonyl (C=O) groups is 1. The lowest BCUT2D eigenvalue weighted by atomic mass is 10.2. The highest BCUT2D eigenvalue weighted by atomic mass is 35.5. The average molecular weight is 504 g/mol. The first-order valence-electron chi connectivity index (χ1n) is 9.45. The standard InChI is InChI=1S/C20H17ClF3N3O3S2/c21-13-4-2-6-15(8-13)27(19-26-16-10-32(29,30)11-17(16)31-19)9-18(28)25-14-5-1-3-12(7-14)20(22,23)24/h1-8,16-17H,9-11H2,(H,25,28). The number of hydrogen-bond acceptors (Lipinski definition) is 6. The topological polar surface area (TPSA) is 78.8 Å². The highest BCUT2D eigenvalue weighted by Gasteiger charge is 2.44. The van der Waals surface area contributed by atoms with Crippen molar-refractivity contribution < 1.29 is 26.4 Å². The van der Waals surface area contributed by atoms with Crippen molar-refractivity contribution in [3.05, 3.63) is 59.1 Å². The van der Waals surface area contributed by atoms with Crippen molar-refractivity contribution in [2.75, 3.05) is 28.3 Å². The number of thioether (sulfide) groups is 1. The number of amides is 1. The lowest BCUT2D eigenvalue weighted by Gasteiger charge is -2.24. The van der Waals surface area contributed by atoms with E-state index in [-0.39, 0.29) is 29.0 Å². The Bertz CT molecular complexity index is 1190. The van der Waals surface area contributed by atoms with E-state index in [9.17, 15) is 26.4 Å². The van der Waals surface area contributed by atoms with Gasteiger partial charge in [0.1, 0.15) is 6.54 Å². The molecule has 2 atom stereocenters. The summed E-state index contributed by atoms with van der Waals surface area (Å²) in [7, 11) is -3.14. The maximum Gasteiger partial charge on any atom is 0.416 e. The molecule has 4 rings (SSSR count). The van der Waals surface area contributed by atoms with Gasteiger partial charge in [0.15, 0.2) is 15.0 Å². The summed E-state index contributed by atoms with van der Waals surface area (Å²) >= 11 is 7.37. The molecule has 2 aliphatic heterocycles. The minimum Gasteiger partial charge on any atom is -0.325 e. The molecule has 32 heavy (non-hydrogen) atoms. The van der Waals surface area contributed by atoms with Crippen molar-refractivity contribution in [2.45, 2.75) is 17.5 Å². The Hall–Kier alpha value is -2.24. The number of carbonyl (C=O) groups excluding carboxylic acids is 1. The number of sulfone groups is 1. The van der Waals surface area contributed by atoms with Gasteiger partial charge >= 0.3 is 6.18 Å². The summed E-state index contributed by atoms with van der Waals surface area (Å²) in [6.07, 6.45) is -4.53. The lowest BCUT2D eigenvalue weighted by Crippen LogP contribution is -2.36. The van der Waals surface area contributed by atoms with Crippen molar-refractivity contribution in [3.63, 3.8) is 0 Å². The molecular weight excluding hydrogens is 487 g/mol. The highest BCUT2D eigenvalue weighted by molar-refractivity contribution is 8.15. The fourth-order valence-corrected chi connectivity index (χ4v) is 7.47. The number of nitrogens with one attached hydrogen (secondary N) is 1. The van der Waals surface area contributed by atoms with Crippen LogP contribution in [0.2, 0.25) is 5.02 Å². The minimum absolute atomic E-state index is 0.00908. The van der Waals surface area contributed by atoms with Crippen LogP contribution in [0.5, 0.6) is 0 Å². The number of fused-ring (bicyclic) bond motifs is 1. The molecule has 0 radical (unpaired) electrons. The van der Waals surface area contributed by atoms with Gasteiger partial charge in [0.2, 0.25) is 5.91 Å². The molecule has 0 aliphatic carbocycles. The van der Waals surface area contributed by atoms with Crippen molar-refractivity contribution in [2.24, 2.45) is 4.99 Å². The summed E-state index contributed by atoms with van der Waals surface area (Å²) in [5.41, 5.74) is -0.294. The maximum atomic E-state index is 13.0. The first-order valence-corrected chi connectivity index (χ1v) is 12.5. The van der Waals surface area contributed by atoms with E-state index in [1.165, 1.54) is 23.9 Å². The molecule has 2 aromatic rings. The fourth-order valence-electron chi connectivity index (χ4n) is 3.50. The third-order valence-electron chi connectivity index (χ3n) is 4.93. The molecule has 12 heteroatoms. The Kier molecular flexibility index (Phi) is 6.17. The predicted octanol–water partition coefficient (Wildman–Crippen LogP) is 4.07. The Morgan fingerprint density at radius 1 is 1.19 bits per heavy atom. The largest absolute Gasteiger partial charge is 0.416 e. The third kappa shape index (κ3) is 5.21. The van der Waals surface area contributed by atoms with Crippen molar-refractivity contribution in [1.29, 1.82) is 0 Å². The third-order valence-corrected chi connectivity index (χ3v) is 8.41. The van der Waals surface area contributed by atoms with Crippen LogP contribution in [-0.4, -0.2) is 48.8 Å². The zero-order valence-electron chi connectivity index (χ0n) is 16.3. The lowest BCUT2D eigenvalue weighted by molar-refractivity contribution is -0.137. The van der Waals surface area contributed by atoms with Crippen LogP contribution in [0.25, 0.3) is 0 Å². The SMILES string of the molecule is O=C(CN(C1=NC2CS(=O)(=O)CC2S1)c1cccc(Cl)c1)Nc1cccc(C(F)(F)F)c1. The van der Waals surface area contributed by atoms with Gasteiger partial charge in [0, 0.05) is 21.6 Å². The molecule has 0 spiro atoms. The summed E-state index contributed by atoms with van der Waals surface area (Å²) in [6, 6.07) is 10.7. The van der Waals surface area contributed by atoms with Gasteiger partial charge in [-0.2, -0.15) is 13.2 Å². The van der Waals surface area contributed by atoms with Gasteiger partial charge in [-0.05, 0) is 36.4 Å². The number of anilines is 2. The van der Waals surface area contributed by atoms with E-state index in [4.69, 9.17) is 11.6 Å². The van der Waals surface area contributed by atoms with Gasteiger partial charge in [-0.25, -0.2) is 8.42 Å². The van der Waals surface area contributed by atoms with E-state index in [2.05, 4.69) is 10.3 Å². The quantitative estimate of drug-likeness (QED) is 0.680. The number of hydrogen-bond donors (Lipinski definition) is 1. The zero-order valence-corrected chi connectivity index (χ0v) is 18.7. The van der Waals surface area contributed by atoms with Crippen LogP contribution in [0, 0.1) is 0 Å². The molecule has 0 saturated carbocycles. The molecule has 1 fully saturated rings. The molecule has 1 N–H and O–H groups in total. The molecule has 0 bridgehead atoms. The number of aliphatic imine (C=N–C) groups is 1. The Balaban J connectivity index is 1.56. The van der Waals surface area contributed by atoms with E-state index in [1.54, 1.807) is 29.2 Å². The molecule has 2 unspecified atom stereocenters. The fraction of sp³-hybridized carbons (Fsp3) is 0.300. The summed E-state index contributed by atoms with van der Waals surface area (Å²) in [5.74, 6) is -0.597. The minimum atomic E-state index is -4.53. The highest BCUT2D eigenvalue weighted by Crippen LogP contribution is 2.37. The number of amidine groups is 1. The van der Waals surface area contributed by atoms with Crippen molar-refractivity contribution in [3.8, 4) is 0 Å². The molecule has 1 amide bonds. The molecule has 0 aromatic heterocycles. The molecular formula is C20H17ClF3N3O3S2. The van der Waals surface area contributed by atoms with Gasteiger partial charge in [-0.15, -0.1) is 0 Å². The van der Waals surface area contributed by atoms with Crippen molar-refractivity contribution >= 4 is 55.6 Å². The van der Waals surface area contributed by atoms with Crippen LogP contribution in [0.4, 0.5) is 24.5 Å². The number of alkyl halides is 3. The Morgan fingerprint density at radius 2 is 1.94 bits per heavy atom. The molecule has 6 nitrogen and oxygen atoms in total. The van der Waals surface area contributed by atoms with Gasteiger partial charge in [-0.3, -0.25) is 9.79 Å². The predicted molar refractivity (Wildman–Crippen MR) is 120 cm³/mol. The number of benzene rings is 2. The second kappa shape index (κ2) is 8.60. The first kappa shape index (κ1) is 22.9. The van der Waals surface area contributed by atoms with Crippen LogP contribution in [-0.2, 0) is 20.8 Å². The van der Waals surface area contributed by atoms with Crippen LogP contribution in [0.15, 0.2) is 53.5 Å². The molecule has 2 heterocycles. The Labute approximate surface area is 191 Å². The summed E-state index contributed by atoms with van der Waals surface area (Å²) < 4.78 is 62.6. The maximum absolute atomic E-state index is 13.0. The zero-order chi connectivity index (χ0) is 23.1. The molecule has 1 saturated heterocycles. The number of halogens is 4. The van der Waals surface area contributed by atoms with E-state index < -0.39 is 33.5 Å². The number of rotatable bonds is 4. The van der Waals surface area contributed by atoms with Gasteiger partial charge in [-0.1, -0.05) is 35.5 Å². The van der Waals surface area contributed by atoms with Gasteiger partial charge in [0.25, 0.3) is 0 Å². The second-order valence-electron chi connectivity index (χ2n) is 7.40. The van der Waals surface area contributed by atoms with E-state index >= 15 is 0 Å². The normalized spacial score (nSPS) is 21.7. The van der Waals surface area contributed by atoms with Crippen LogP contribution >= 0.6 is 23.4 Å². The first-order chi connectivity index (χ1) is 15.0. The molecule has 2 aromatic carbocycles. The monoisotopic (exact) mass is 503 g/mol. The average Bonchev–Trinajstić information content (AvgIpc) is 3.19. The Morgan fingerprint density at radius 3 is 2.62 bits per heavy atom. The molecule has 170 valence electrons. The van der Waals surface area contributed by atoms with Crippen LogP contribution in [0.1, 0.15) is 5.56 Å². The second-order valence-corrected chi connectivity index (χ2v) is 11.2. The number of nitrogens with zero attached hydrogens (tertiary/aromatic N) is 2. The van der Waals surface area contributed by atoms with Crippen LogP contribution < -0.4 is 10.2 Å². The summed E-state index contributed by atoms with van der Waals surface area (Å²) in [4.78, 5) is 18.8. The van der Waals surface area contributed by atoms with E-state index in [0.29, 0.717) is 15.9 Å². The summed E-state index contributed by atoms with van der Waals surface area (Å²) in [6.45, 7) is -0.241. The van der Waals surface area contributed by atoms with Crippen molar-refractivity contribution in [1.82, 2.24) is 0 Å². The molecule has 2 aliphatic rings. The van der Waals surface area contributed by atoms with Crippen LogP contribution in [0.3, 0.4) is 0 Å². The van der Waals surface area contributed by atoms with E-state index in [0.717, 1.165) is 12.1 Å². The van der Waals surface area contributed by atoms with E-state index in [1.807, 2.05) is 0 Å². The van der Waals surface area contributed by atoms with Gasteiger partial charge < -0.3 is 10.2 Å². The van der Waals surface area contributed by atoms with Gasteiger partial charge in [0.05, 0.1) is 23.1 Å². The smallest absolute Gasteiger partial charge is 0.325 e. The summed E-state index contributed by atoms with van der Waals surface area (Å²) in [5, 5.41) is 3.15.